The summed E-state index contributed by atoms with van der Waals surface area (Å²) in [5.41, 5.74) is 0. The molecule has 9 aromatic heterocycles. The van der Waals surface area contributed by atoms with E-state index in [0.717, 1.165) is 67.8 Å². The van der Waals surface area contributed by atoms with E-state index in [9.17, 15) is 9.59 Å². The highest BCUT2D eigenvalue weighted by Gasteiger charge is 2.17. The van der Waals surface area contributed by atoms with Crippen LogP contribution in [-0.2, 0) is 19.1 Å². The third-order valence-corrected chi connectivity index (χ3v) is 22.1. The molecule has 0 aliphatic heterocycles. The first-order chi connectivity index (χ1) is 33.8. The molecule has 9 rings (SSSR count). The number of ether oxygens (including phenoxy) is 2. The first-order valence-corrected chi connectivity index (χ1v) is 30.7. The number of rotatable bonds is 18. The van der Waals surface area contributed by atoms with E-state index in [1.807, 2.05) is 11.3 Å². The first-order valence-electron chi connectivity index (χ1n) is 23.4. The fourth-order valence-corrected chi connectivity index (χ4v) is 19.0. The number of carbonyl (C=O) groups is 2. The van der Waals surface area contributed by atoms with Gasteiger partial charge in [-0.25, -0.2) is 9.59 Å². The Labute approximate surface area is 439 Å². The van der Waals surface area contributed by atoms with Crippen molar-refractivity contribution in [2.24, 2.45) is 0 Å². The van der Waals surface area contributed by atoms with Gasteiger partial charge in [0.1, 0.15) is 0 Å². The molecule has 0 aromatic carbocycles. The number of esters is 2. The lowest BCUT2D eigenvalue weighted by Gasteiger charge is -2.10. The normalized spacial score (nSPS) is 12.1. The Hall–Kier alpha value is -4.48. The van der Waals surface area contributed by atoms with Gasteiger partial charge < -0.3 is 9.47 Å². The second kappa shape index (κ2) is 23.6. The molecule has 0 saturated heterocycles. The molecule has 0 amide bonds. The highest BCUT2D eigenvalue weighted by atomic mass is 32.1. The number of hydrogen-bond donors (Lipinski definition) is 0. The van der Waals surface area contributed by atoms with Crippen molar-refractivity contribution in [2.45, 2.75) is 116 Å². The molecule has 0 radical (unpaired) electrons. The minimum atomic E-state index is -0.431. The molecule has 13 heteroatoms. The smallest absolute Gasteiger partial charge is 0.331 e. The third kappa shape index (κ3) is 12.4. The van der Waals surface area contributed by atoms with E-state index in [1.165, 1.54) is 120 Å². The molecule has 0 saturated carbocycles. The molecule has 350 valence electrons. The van der Waals surface area contributed by atoms with Gasteiger partial charge in [0.05, 0.1) is 57.5 Å². The maximum atomic E-state index is 12.0. The molecule has 69 heavy (non-hydrogen) atoms. The van der Waals surface area contributed by atoms with Gasteiger partial charge in [-0.1, -0.05) is 115 Å². The molecule has 9 aromatic rings. The van der Waals surface area contributed by atoms with Crippen LogP contribution in [-0.4, -0.2) is 24.1 Å². The minimum absolute atomic E-state index is 0.423. The molecule has 2 unspecified atom stereocenters. The maximum Gasteiger partial charge on any atom is 0.331 e. The fourth-order valence-electron chi connectivity index (χ4n) is 7.84. The Balaban J connectivity index is 0.849. The second-order valence-corrected chi connectivity index (χ2v) is 26.1. The van der Waals surface area contributed by atoms with Crippen molar-refractivity contribution in [2.75, 3.05) is 0 Å². The lowest BCUT2D eigenvalue weighted by molar-refractivity contribution is -0.141. The molecule has 0 aliphatic carbocycles. The molecule has 0 spiro atoms. The van der Waals surface area contributed by atoms with Gasteiger partial charge in [0.25, 0.3) is 0 Å². The zero-order valence-corrected chi connectivity index (χ0v) is 45.7. The van der Waals surface area contributed by atoms with Gasteiger partial charge in [0, 0.05) is 40.4 Å². The summed E-state index contributed by atoms with van der Waals surface area (Å²) in [6, 6.07) is 13.2. The molecular formula is C56H48O4S9. The van der Waals surface area contributed by atoms with Crippen molar-refractivity contribution in [1.82, 2.24) is 0 Å². The Kier molecular flexibility index (Phi) is 16.9. The molecule has 0 aliphatic rings. The quantitative estimate of drug-likeness (QED) is 0.0372. The minimum Gasteiger partial charge on any atom is -0.446 e. The van der Waals surface area contributed by atoms with Crippen LogP contribution < -0.4 is 0 Å². The average Bonchev–Trinajstić information content (AvgIpc) is 4.22. The highest BCUT2D eigenvalue weighted by molar-refractivity contribution is 7.40. The Morgan fingerprint density at radius 3 is 0.957 bits per heavy atom. The van der Waals surface area contributed by atoms with E-state index < -0.39 is 24.1 Å². The van der Waals surface area contributed by atoms with E-state index in [2.05, 4.69) is 111 Å². The lowest BCUT2D eigenvalue weighted by Crippen LogP contribution is -2.14. The van der Waals surface area contributed by atoms with Crippen molar-refractivity contribution in [3.05, 3.63) is 91.0 Å². The summed E-state index contributed by atoms with van der Waals surface area (Å²) in [5, 5.41) is 0. The van der Waals surface area contributed by atoms with Gasteiger partial charge in [-0.15, -0.1) is 102 Å². The van der Waals surface area contributed by atoms with E-state index in [4.69, 9.17) is 9.47 Å². The van der Waals surface area contributed by atoms with Gasteiger partial charge >= 0.3 is 11.9 Å². The van der Waals surface area contributed by atoms with Crippen LogP contribution in [0.15, 0.2) is 61.7 Å². The highest BCUT2D eigenvalue weighted by Crippen LogP contribution is 2.46. The van der Waals surface area contributed by atoms with Crippen molar-refractivity contribution < 1.29 is 19.1 Å². The van der Waals surface area contributed by atoms with Crippen LogP contribution >= 0.6 is 102 Å². The van der Waals surface area contributed by atoms with Crippen LogP contribution in [0.4, 0.5) is 0 Å². The summed E-state index contributed by atoms with van der Waals surface area (Å²) in [5.74, 6) is 26.2. The second-order valence-electron chi connectivity index (χ2n) is 16.5. The van der Waals surface area contributed by atoms with Crippen LogP contribution in [0.2, 0.25) is 0 Å². The van der Waals surface area contributed by atoms with Crippen molar-refractivity contribution in [3.8, 4) is 47.4 Å². The van der Waals surface area contributed by atoms with Crippen LogP contribution in [0.3, 0.4) is 0 Å². The topological polar surface area (TPSA) is 52.6 Å². The zero-order chi connectivity index (χ0) is 47.7. The summed E-state index contributed by atoms with van der Waals surface area (Å²) >= 11 is 15.8. The van der Waals surface area contributed by atoms with Crippen molar-refractivity contribution in [3.63, 3.8) is 0 Å². The van der Waals surface area contributed by atoms with Gasteiger partial charge in [0.2, 0.25) is 0 Å². The first kappa shape index (κ1) is 49.5. The van der Waals surface area contributed by atoms with E-state index >= 15 is 0 Å². The van der Waals surface area contributed by atoms with E-state index in [1.54, 1.807) is 90.7 Å². The van der Waals surface area contributed by atoms with Gasteiger partial charge in [-0.05, 0) is 85.8 Å². The number of thiophene rings is 9. The largest absolute Gasteiger partial charge is 0.446 e. The van der Waals surface area contributed by atoms with Crippen molar-refractivity contribution >= 4 is 170 Å². The van der Waals surface area contributed by atoms with Crippen LogP contribution in [0, 0.1) is 47.4 Å². The van der Waals surface area contributed by atoms with Crippen LogP contribution in [0.1, 0.15) is 133 Å². The van der Waals surface area contributed by atoms with E-state index in [0.29, 0.717) is 0 Å². The maximum absolute atomic E-state index is 12.0. The van der Waals surface area contributed by atoms with E-state index in [-0.39, 0.29) is 0 Å². The lowest BCUT2D eigenvalue weighted by atomic mass is 10.1. The van der Waals surface area contributed by atoms with Gasteiger partial charge in [-0.2, -0.15) is 0 Å². The average molecular weight is 1070 g/mol. The summed E-state index contributed by atoms with van der Waals surface area (Å²) in [4.78, 5) is 30.3. The number of carbonyl (C=O) groups excluding carboxylic acids is 2. The predicted molar refractivity (Wildman–Crippen MR) is 307 cm³/mol. The summed E-state index contributed by atoms with van der Waals surface area (Å²) < 4.78 is 26.3. The summed E-state index contributed by atoms with van der Waals surface area (Å²) in [7, 11) is 0. The molecule has 0 fully saturated rings. The third-order valence-electron chi connectivity index (χ3n) is 11.3. The van der Waals surface area contributed by atoms with Gasteiger partial charge in [0.15, 0.2) is 12.2 Å². The fraction of sp³-hybridized carbons (Fsp3) is 0.321. The summed E-state index contributed by atoms with van der Waals surface area (Å²) in [6.07, 6.45) is 17.1. The number of fused-ring (bicyclic) bond motifs is 9. The Morgan fingerprint density at radius 2 is 0.681 bits per heavy atom. The molecule has 9 heterocycles. The SMILES string of the molecule is C=CC(=O)OC(C#Cc1cc2sc3cc(C#Cc4cc5sc6cc(C#Cc7cc8sc9cc(C#CC(CCCCCCCC)OC(=O)C=C)sc9c8s7)sc6c5s4)sc3c2s1)CCCCCCCC. The van der Waals surface area contributed by atoms with Crippen LogP contribution in [0.5, 0.6) is 0 Å². The standard InChI is InChI=1S/C56H48O4S9/c1-5-9-11-13-15-17-19-35(59-49(57)7-3)21-23-37-29-43-51(61-37)53-45(67-43)31-39(63-53)25-27-41-33-47-55(65-41)56-48(69-47)34-42(66-56)28-26-40-32-46-54(64-40)52-44(68-46)30-38(62-52)24-22-36(60-50(58)8-4)20-18-16-14-12-10-6-2/h7-8,29-36H,3-6,9-20H2,1-2H3. The summed E-state index contributed by atoms with van der Waals surface area (Å²) in [6.45, 7) is 11.6. The van der Waals surface area contributed by atoms with Crippen molar-refractivity contribution in [1.29, 1.82) is 0 Å². The number of unbranched alkanes of at least 4 members (excludes halogenated alkanes) is 10. The predicted octanol–water partition coefficient (Wildman–Crippen LogP) is 18.4. The molecule has 2 atom stereocenters. The monoisotopic (exact) mass is 1070 g/mol. The molecule has 0 bridgehead atoms. The Bertz CT molecular complexity index is 3350. The molecular weight excluding hydrogens is 1030 g/mol. The van der Waals surface area contributed by atoms with Crippen LogP contribution in [0.25, 0.3) is 56.4 Å². The molecule has 4 nitrogen and oxygen atoms in total. The van der Waals surface area contributed by atoms with Gasteiger partial charge in [-0.3, -0.25) is 0 Å². The molecule has 0 N–H and O–H groups in total. The Morgan fingerprint density at radius 1 is 0.420 bits per heavy atom. The number of hydrogen-bond acceptors (Lipinski definition) is 13. The zero-order valence-electron chi connectivity index (χ0n) is 38.4.